The van der Waals surface area contributed by atoms with Crippen LogP contribution in [0.5, 0.6) is 5.88 Å². The Morgan fingerprint density at radius 2 is 2.32 bits per heavy atom. The summed E-state index contributed by atoms with van der Waals surface area (Å²) < 4.78 is 10.1. The van der Waals surface area contributed by atoms with Gasteiger partial charge in [0.25, 0.3) is 5.69 Å². The quantitative estimate of drug-likeness (QED) is 0.184. The molecule has 19 heavy (non-hydrogen) atoms. The third kappa shape index (κ3) is 4.07. The summed E-state index contributed by atoms with van der Waals surface area (Å²) in [5.41, 5.74) is 4.73. The van der Waals surface area contributed by atoms with Gasteiger partial charge in [-0.1, -0.05) is 5.16 Å². The van der Waals surface area contributed by atoms with Crippen LogP contribution in [0.3, 0.4) is 0 Å². The van der Waals surface area contributed by atoms with E-state index < -0.39 is 10.8 Å². The molecule has 9 heteroatoms. The zero-order valence-corrected chi connectivity index (χ0v) is 10.3. The van der Waals surface area contributed by atoms with Gasteiger partial charge in [-0.15, -0.1) is 0 Å². The molecule has 9 nitrogen and oxygen atoms in total. The summed E-state index contributed by atoms with van der Waals surface area (Å²) in [5, 5.41) is 22.0. The van der Waals surface area contributed by atoms with Crippen molar-refractivity contribution in [1.82, 2.24) is 4.98 Å². The van der Waals surface area contributed by atoms with Gasteiger partial charge in [-0.2, -0.15) is 0 Å². The van der Waals surface area contributed by atoms with Crippen molar-refractivity contribution >= 4 is 11.5 Å². The Kier molecular flexibility index (Phi) is 5.48. The second-order valence-corrected chi connectivity index (χ2v) is 3.45. The normalized spacial score (nSPS) is 11.3. The zero-order chi connectivity index (χ0) is 14.3. The lowest BCUT2D eigenvalue weighted by Gasteiger charge is -2.06. The summed E-state index contributed by atoms with van der Waals surface area (Å²) in [6, 6.07) is 2.53. The molecule has 0 aliphatic heterocycles. The van der Waals surface area contributed by atoms with E-state index in [0.29, 0.717) is 19.6 Å². The van der Waals surface area contributed by atoms with E-state index >= 15 is 0 Å². The molecule has 3 N–H and O–H groups in total. The van der Waals surface area contributed by atoms with Crippen LogP contribution in [-0.2, 0) is 4.74 Å². The first-order chi connectivity index (χ1) is 9.10. The molecule has 1 aromatic heterocycles. The van der Waals surface area contributed by atoms with E-state index in [0.717, 1.165) is 0 Å². The number of pyridine rings is 1. The fourth-order valence-corrected chi connectivity index (χ4v) is 1.28. The summed E-state index contributed by atoms with van der Waals surface area (Å²) in [5.74, 6) is -0.294. The highest BCUT2D eigenvalue weighted by atomic mass is 16.6. The molecular weight excluding hydrogens is 256 g/mol. The van der Waals surface area contributed by atoms with Gasteiger partial charge >= 0.3 is 0 Å². The molecule has 0 unspecified atom stereocenters. The maximum absolute atomic E-state index is 10.8. The van der Waals surface area contributed by atoms with Crippen LogP contribution in [0.1, 0.15) is 12.1 Å². The molecule has 1 rings (SSSR count). The Labute approximate surface area is 108 Å². The van der Waals surface area contributed by atoms with Gasteiger partial charge in [0.05, 0.1) is 11.5 Å². The lowest BCUT2D eigenvalue weighted by Crippen LogP contribution is -2.17. The van der Waals surface area contributed by atoms with E-state index in [1.54, 1.807) is 7.11 Å². The van der Waals surface area contributed by atoms with Crippen molar-refractivity contribution < 1.29 is 19.6 Å². The highest BCUT2D eigenvalue weighted by Gasteiger charge is 2.20. The van der Waals surface area contributed by atoms with Crippen molar-refractivity contribution in [3.05, 3.63) is 27.9 Å². The maximum Gasteiger partial charge on any atom is 0.299 e. The predicted octanol–water partition coefficient (Wildman–Crippen LogP) is 0.500. The molecule has 0 aromatic carbocycles. The van der Waals surface area contributed by atoms with Crippen LogP contribution in [0.15, 0.2) is 17.3 Å². The summed E-state index contributed by atoms with van der Waals surface area (Å²) >= 11 is 0. The fourth-order valence-electron chi connectivity index (χ4n) is 1.28. The van der Waals surface area contributed by atoms with Crippen molar-refractivity contribution in [2.45, 2.75) is 6.42 Å². The largest absolute Gasteiger partial charge is 0.478 e. The summed E-state index contributed by atoms with van der Waals surface area (Å²) in [4.78, 5) is 13.9. The average molecular weight is 270 g/mol. The van der Waals surface area contributed by atoms with Crippen LogP contribution in [0.4, 0.5) is 5.69 Å². The molecule has 0 fully saturated rings. The van der Waals surface area contributed by atoms with Gasteiger partial charge in [0.1, 0.15) is 0 Å². The molecule has 0 aliphatic carbocycles. The number of hydrogen-bond acceptors (Lipinski definition) is 7. The van der Waals surface area contributed by atoms with Crippen molar-refractivity contribution in [3.63, 3.8) is 0 Å². The van der Waals surface area contributed by atoms with Crippen LogP contribution in [0.25, 0.3) is 0 Å². The third-order valence-electron chi connectivity index (χ3n) is 2.14. The summed E-state index contributed by atoms with van der Waals surface area (Å²) in [7, 11) is 1.57. The van der Waals surface area contributed by atoms with Gasteiger partial charge in [0.15, 0.2) is 11.5 Å². The highest BCUT2D eigenvalue weighted by Crippen LogP contribution is 2.20. The van der Waals surface area contributed by atoms with Crippen molar-refractivity contribution in [1.29, 1.82) is 0 Å². The summed E-state index contributed by atoms with van der Waals surface area (Å²) in [6.45, 7) is 0.869. The molecule has 1 aromatic rings. The van der Waals surface area contributed by atoms with Crippen LogP contribution in [0.2, 0.25) is 0 Å². The molecule has 0 atom stereocenters. The molecule has 0 bridgehead atoms. The van der Waals surface area contributed by atoms with E-state index in [4.69, 9.17) is 20.4 Å². The van der Waals surface area contributed by atoms with E-state index in [9.17, 15) is 10.1 Å². The number of amidine groups is 1. The van der Waals surface area contributed by atoms with Gasteiger partial charge in [-0.3, -0.25) is 10.1 Å². The Morgan fingerprint density at radius 3 is 2.89 bits per heavy atom. The number of aromatic nitrogens is 1. The van der Waals surface area contributed by atoms with E-state index in [1.165, 1.54) is 12.1 Å². The number of nitro groups is 1. The van der Waals surface area contributed by atoms with Crippen LogP contribution in [0, 0.1) is 10.1 Å². The van der Waals surface area contributed by atoms with Crippen molar-refractivity contribution in [2.75, 3.05) is 20.3 Å². The van der Waals surface area contributed by atoms with Crippen molar-refractivity contribution in [2.24, 2.45) is 10.9 Å². The molecule has 0 radical (unpaired) electrons. The first-order valence-corrected chi connectivity index (χ1v) is 5.35. The fraction of sp³-hybridized carbons (Fsp3) is 0.400. The SMILES string of the molecule is COCCCOc1ccc([N+](=O)[O-])c(/C(N)=N/O)n1. The zero-order valence-electron chi connectivity index (χ0n) is 10.3. The molecule has 0 aliphatic rings. The molecular formula is C10H14N4O5. The lowest BCUT2D eigenvalue weighted by atomic mass is 10.3. The molecule has 0 saturated carbocycles. The number of hydrogen-bond donors (Lipinski definition) is 2. The average Bonchev–Trinajstić information content (AvgIpc) is 2.42. The van der Waals surface area contributed by atoms with Crippen LogP contribution < -0.4 is 10.5 Å². The second kappa shape index (κ2) is 7.11. The minimum atomic E-state index is -0.672. The minimum absolute atomic E-state index is 0.156. The summed E-state index contributed by atoms with van der Waals surface area (Å²) in [6.07, 6.45) is 0.647. The Balaban J connectivity index is 2.89. The number of oxime groups is 1. The topological polar surface area (TPSA) is 133 Å². The maximum atomic E-state index is 10.8. The molecule has 1 heterocycles. The second-order valence-electron chi connectivity index (χ2n) is 3.45. The monoisotopic (exact) mass is 270 g/mol. The molecule has 0 spiro atoms. The van der Waals surface area contributed by atoms with Crippen LogP contribution >= 0.6 is 0 Å². The number of methoxy groups -OCH3 is 1. The third-order valence-corrected chi connectivity index (χ3v) is 2.14. The van der Waals surface area contributed by atoms with Gasteiger partial charge in [-0.05, 0) is 0 Å². The van der Waals surface area contributed by atoms with Crippen molar-refractivity contribution in [3.8, 4) is 5.88 Å². The Morgan fingerprint density at radius 1 is 1.58 bits per heavy atom. The minimum Gasteiger partial charge on any atom is -0.478 e. The highest BCUT2D eigenvalue weighted by molar-refractivity contribution is 5.98. The number of nitrogens with zero attached hydrogens (tertiary/aromatic N) is 3. The van der Waals surface area contributed by atoms with Gasteiger partial charge in [0, 0.05) is 32.3 Å². The molecule has 0 saturated heterocycles. The smallest absolute Gasteiger partial charge is 0.299 e. The lowest BCUT2D eigenvalue weighted by molar-refractivity contribution is -0.385. The van der Waals surface area contributed by atoms with Gasteiger partial charge < -0.3 is 20.4 Å². The molecule has 0 amide bonds. The predicted molar refractivity (Wildman–Crippen MR) is 65.4 cm³/mol. The number of nitrogens with two attached hydrogens (primary N) is 1. The number of rotatable bonds is 7. The Bertz CT molecular complexity index is 477. The van der Waals surface area contributed by atoms with E-state index in [-0.39, 0.29) is 17.3 Å². The van der Waals surface area contributed by atoms with Gasteiger partial charge in [-0.25, -0.2) is 4.98 Å². The first-order valence-electron chi connectivity index (χ1n) is 5.35. The standard InChI is InChI=1S/C10H14N4O5/c1-18-5-2-6-19-8-4-3-7(14(16)17)9(12-8)10(11)13-15/h3-4,15H,2,5-6H2,1H3,(H2,11,13). The first kappa shape index (κ1) is 14.6. The molecule has 104 valence electrons. The van der Waals surface area contributed by atoms with Gasteiger partial charge in [0.2, 0.25) is 5.88 Å². The van der Waals surface area contributed by atoms with E-state index in [1.807, 2.05) is 0 Å². The number of ether oxygens (including phenoxy) is 2. The van der Waals surface area contributed by atoms with E-state index in [2.05, 4.69) is 10.1 Å². The Hall–Kier alpha value is -2.42. The van der Waals surface area contributed by atoms with Crippen LogP contribution in [-0.4, -0.2) is 41.3 Å².